The van der Waals surface area contributed by atoms with Gasteiger partial charge in [0.15, 0.2) is 0 Å². The quantitative estimate of drug-likeness (QED) is 0.668. The van der Waals surface area contributed by atoms with E-state index in [0.29, 0.717) is 17.1 Å². The number of benzene rings is 2. The van der Waals surface area contributed by atoms with Gasteiger partial charge < -0.3 is 9.47 Å². The Hall–Kier alpha value is -1.33. The molecule has 0 unspecified atom stereocenters. The molecule has 2 aromatic carbocycles. The van der Waals surface area contributed by atoms with Crippen molar-refractivity contribution in [3.63, 3.8) is 0 Å². The van der Waals surface area contributed by atoms with Crippen LogP contribution in [0.4, 0.5) is 0 Å². The summed E-state index contributed by atoms with van der Waals surface area (Å²) >= 11 is 6.87. The van der Waals surface area contributed by atoms with Crippen LogP contribution in [0.25, 0.3) is 0 Å². The van der Waals surface area contributed by atoms with Crippen LogP contribution in [-0.4, -0.2) is 13.4 Å². The van der Waals surface area contributed by atoms with E-state index >= 15 is 0 Å². The zero-order valence-corrected chi connectivity index (χ0v) is 14.1. The van der Waals surface area contributed by atoms with Gasteiger partial charge in [-0.3, -0.25) is 4.79 Å². The number of carbonyl (C=O) groups is 1. The van der Waals surface area contributed by atoms with Crippen molar-refractivity contribution in [1.82, 2.24) is 0 Å². The van der Waals surface area contributed by atoms with Gasteiger partial charge in [0.2, 0.25) is 0 Å². The molecule has 0 fully saturated rings. The van der Waals surface area contributed by atoms with E-state index in [-0.39, 0.29) is 0 Å². The number of hydrogen-bond acceptors (Lipinski definition) is 3. The van der Waals surface area contributed by atoms with Gasteiger partial charge in [0.1, 0.15) is 23.5 Å². The fourth-order valence-corrected chi connectivity index (χ4v) is 2.61. The van der Waals surface area contributed by atoms with Crippen LogP contribution in [-0.2, 0) is 0 Å². The Labute approximate surface area is 134 Å². The average molecular weight is 400 g/mol. The van der Waals surface area contributed by atoms with E-state index in [2.05, 4.69) is 31.9 Å². The van der Waals surface area contributed by atoms with Gasteiger partial charge in [0, 0.05) is 5.56 Å². The fraction of sp³-hybridized carbons (Fsp3) is 0.133. The third-order valence-corrected chi connectivity index (χ3v) is 4.00. The van der Waals surface area contributed by atoms with Gasteiger partial charge in [-0.15, -0.1) is 0 Å². The number of aldehydes is 1. The number of halogens is 2. The molecule has 0 saturated heterocycles. The lowest BCUT2D eigenvalue weighted by Gasteiger charge is -2.12. The first-order valence-electron chi connectivity index (χ1n) is 5.82. The highest BCUT2D eigenvalue weighted by molar-refractivity contribution is 9.11. The van der Waals surface area contributed by atoms with Gasteiger partial charge in [-0.2, -0.15) is 0 Å². The Kier molecular flexibility index (Phi) is 4.83. The maximum atomic E-state index is 10.7. The van der Waals surface area contributed by atoms with E-state index in [1.165, 1.54) is 0 Å². The molecule has 0 aromatic heterocycles. The lowest BCUT2D eigenvalue weighted by Crippen LogP contribution is -1.92. The second-order valence-corrected chi connectivity index (χ2v) is 5.87. The molecule has 2 aromatic rings. The predicted molar refractivity (Wildman–Crippen MR) is 85.0 cm³/mol. The topological polar surface area (TPSA) is 35.5 Å². The van der Waals surface area contributed by atoms with Crippen molar-refractivity contribution in [2.45, 2.75) is 6.92 Å². The van der Waals surface area contributed by atoms with E-state index in [9.17, 15) is 4.79 Å². The molecule has 0 saturated carbocycles. The normalized spacial score (nSPS) is 10.2. The van der Waals surface area contributed by atoms with E-state index < -0.39 is 0 Å². The summed E-state index contributed by atoms with van der Waals surface area (Å²) in [5.41, 5.74) is 1.53. The maximum Gasteiger partial charge on any atom is 0.150 e. The molecule has 2 rings (SSSR count). The molecule has 0 aliphatic heterocycles. The summed E-state index contributed by atoms with van der Waals surface area (Å²) in [6.07, 6.45) is 0.816. The predicted octanol–water partition coefficient (Wildman–Crippen LogP) is 5.13. The molecule has 0 aliphatic rings. The standard InChI is InChI=1S/C15H12Br2O3/c1-9-5-10(8-18)3-4-13(9)20-15-7-11(16)14(19-2)6-12(15)17/h3-8H,1-2H3. The first kappa shape index (κ1) is 15.1. The summed E-state index contributed by atoms with van der Waals surface area (Å²) in [5.74, 6) is 2.09. The molecular formula is C15H12Br2O3. The highest BCUT2D eigenvalue weighted by Gasteiger charge is 2.10. The van der Waals surface area contributed by atoms with Crippen LogP contribution in [0.1, 0.15) is 15.9 Å². The first-order chi connectivity index (χ1) is 9.55. The Bertz CT molecular complexity index is 654. The van der Waals surface area contributed by atoms with Crippen LogP contribution in [0.3, 0.4) is 0 Å². The Morgan fingerprint density at radius 3 is 2.25 bits per heavy atom. The minimum Gasteiger partial charge on any atom is -0.496 e. The third-order valence-electron chi connectivity index (χ3n) is 2.76. The summed E-state index contributed by atoms with van der Waals surface area (Å²) in [6.45, 7) is 1.90. The largest absolute Gasteiger partial charge is 0.496 e. The van der Waals surface area contributed by atoms with E-state index in [0.717, 1.165) is 26.5 Å². The SMILES string of the molecule is COc1cc(Br)c(Oc2ccc(C=O)cc2C)cc1Br. The summed E-state index contributed by atoms with van der Waals surface area (Å²) in [5, 5.41) is 0. The summed E-state index contributed by atoms with van der Waals surface area (Å²) in [6, 6.07) is 8.95. The lowest BCUT2D eigenvalue weighted by atomic mass is 10.1. The number of methoxy groups -OCH3 is 1. The van der Waals surface area contributed by atoms with Crippen LogP contribution in [0.2, 0.25) is 0 Å². The number of rotatable bonds is 4. The fourth-order valence-electron chi connectivity index (χ4n) is 1.72. The molecule has 0 aliphatic carbocycles. The van der Waals surface area contributed by atoms with Crippen LogP contribution >= 0.6 is 31.9 Å². The third kappa shape index (κ3) is 3.22. The van der Waals surface area contributed by atoms with Crippen molar-refractivity contribution in [1.29, 1.82) is 0 Å². The minimum absolute atomic E-state index is 0.629. The molecule has 5 heteroatoms. The van der Waals surface area contributed by atoms with Crippen molar-refractivity contribution in [2.75, 3.05) is 7.11 Å². The van der Waals surface area contributed by atoms with E-state index in [4.69, 9.17) is 9.47 Å². The van der Waals surface area contributed by atoms with Crippen LogP contribution in [0.5, 0.6) is 17.2 Å². The monoisotopic (exact) mass is 398 g/mol. The van der Waals surface area contributed by atoms with Crippen molar-refractivity contribution >= 4 is 38.1 Å². The molecule has 0 heterocycles. The highest BCUT2D eigenvalue weighted by atomic mass is 79.9. The second-order valence-electron chi connectivity index (χ2n) is 4.16. The zero-order chi connectivity index (χ0) is 14.7. The van der Waals surface area contributed by atoms with Crippen LogP contribution < -0.4 is 9.47 Å². The number of aryl methyl sites for hydroxylation is 1. The highest BCUT2D eigenvalue weighted by Crippen LogP contribution is 2.38. The van der Waals surface area contributed by atoms with Gasteiger partial charge in [-0.05, 0) is 74.7 Å². The number of ether oxygens (including phenoxy) is 2. The molecular weight excluding hydrogens is 388 g/mol. The van der Waals surface area contributed by atoms with Crippen molar-refractivity contribution in [2.24, 2.45) is 0 Å². The average Bonchev–Trinajstić information content (AvgIpc) is 2.44. The molecule has 0 atom stereocenters. The van der Waals surface area contributed by atoms with Crippen molar-refractivity contribution in [3.05, 3.63) is 50.4 Å². The molecule has 0 radical (unpaired) electrons. The van der Waals surface area contributed by atoms with Crippen molar-refractivity contribution < 1.29 is 14.3 Å². The molecule has 3 nitrogen and oxygen atoms in total. The summed E-state index contributed by atoms with van der Waals surface area (Å²) < 4.78 is 12.7. The Balaban J connectivity index is 2.35. The molecule has 0 amide bonds. The summed E-state index contributed by atoms with van der Waals surface area (Å²) in [7, 11) is 1.61. The van der Waals surface area contributed by atoms with Crippen LogP contribution in [0.15, 0.2) is 39.3 Å². The zero-order valence-electron chi connectivity index (χ0n) is 10.9. The molecule has 0 spiro atoms. The van der Waals surface area contributed by atoms with Crippen molar-refractivity contribution in [3.8, 4) is 17.2 Å². The Morgan fingerprint density at radius 2 is 1.65 bits per heavy atom. The maximum absolute atomic E-state index is 10.7. The molecule has 0 bridgehead atoms. The van der Waals surface area contributed by atoms with Gasteiger partial charge in [-0.25, -0.2) is 0 Å². The lowest BCUT2D eigenvalue weighted by molar-refractivity contribution is 0.112. The van der Waals surface area contributed by atoms with Gasteiger partial charge in [-0.1, -0.05) is 0 Å². The Morgan fingerprint density at radius 1 is 1.00 bits per heavy atom. The number of hydrogen-bond donors (Lipinski definition) is 0. The number of carbonyl (C=O) groups excluding carboxylic acids is 1. The smallest absolute Gasteiger partial charge is 0.150 e. The van der Waals surface area contributed by atoms with Gasteiger partial charge >= 0.3 is 0 Å². The van der Waals surface area contributed by atoms with E-state index in [1.807, 2.05) is 19.1 Å². The van der Waals surface area contributed by atoms with E-state index in [1.54, 1.807) is 25.3 Å². The summed E-state index contributed by atoms with van der Waals surface area (Å²) in [4.78, 5) is 10.7. The molecule has 0 N–H and O–H groups in total. The van der Waals surface area contributed by atoms with Crippen LogP contribution in [0, 0.1) is 6.92 Å². The first-order valence-corrected chi connectivity index (χ1v) is 7.40. The minimum atomic E-state index is 0.629. The van der Waals surface area contributed by atoms with Gasteiger partial charge in [0.05, 0.1) is 16.1 Å². The van der Waals surface area contributed by atoms with Gasteiger partial charge in [0.25, 0.3) is 0 Å². The molecule has 104 valence electrons. The molecule has 20 heavy (non-hydrogen) atoms. The second kappa shape index (κ2) is 6.41.